The smallest absolute Gasteiger partial charge is 0.325 e. The van der Waals surface area contributed by atoms with Crippen LogP contribution in [-0.4, -0.2) is 52.2 Å². The topological polar surface area (TPSA) is 117 Å². The zero-order valence-electron chi connectivity index (χ0n) is 18.0. The van der Waals surface area contributed by atoms with Gasteiger partial charge >= 0.3 is 5.69 Å². The monoisotopic (exact) mass is 467 g/mol. The molecule has 0 bridgehead atoms. The van der Waals surface area contributed by atoms with Crippen molar-refractivity contribution in [2.75, 3.05) is 24.2 Å². The molecular weight excluding hydrogens is 438 g/mol. The summed E-state index contributed by atoms with van der Waals surface area (Å²) in [6.45, 7) is 7.68. The molecule has 1 aliphatic rings. The molecule has 1 aromatic heterocycles. The van der Waals surface area contributed by atoms with Crippen LogP contribution in [0, 0.1) is 11.8 Å². The summed E-state index contributed by atoms with van der Waals surface area (Å²) in [5, 5.41) is 9.55. The number of nitrogens with zero attached hydrogens (tertiary/aromatic N) is 3. The Hall–Kier alpha value is -2.11. The molecule has 2 N–H and O–H groups in total. The summed E-state index contributed by atoms with van der Waals surface area (Å²) < 4.78 is 29.0. The molecule has 1 aliphatic heterocycles. The molecule has 1 aromatic carbocycles. The van der Waals surface area contributed by atoms with Gasteiger partial charge in [-0.2, -0.15) is 4.31 Å². The molecule has 1 saturated heterocycles. The molecule has 0 radical (unpaired) electrons. The quantitative estimate of drug-likeness (QED) is 0.576. The minimum Gasteiger partial charge on any atom is -0.325 e. The first-order valence-corrected chi connectivity index (χ1v) is 12.8. The Morgan fingerprint density at radius 2 is 1.87 bits per heavy atom. The van der Waals surface area contributed by atoms with Crippen molar-refractivity contribution in [3.63, 3.8) is 0 Å². The Balaban J connectivity index is 1.60. The Bertz CT molecular complexity index is 1050. The van der Waals surface area contributed by atoms with Crippen LogP contribution in [0.3, 0.4) is 0 Å². The molecule has 0 spiro atoms. The van der Waals surface area contributed by atoms with Crippen molar-refractivity contribution >= 4 is 33.4 Å². The lowest BCUT2D eigenvalue weighted by Gasteiger charge is -2.34. The summed E-state index contributed by atoms with van der Waals surface area (Å²) >= 11 is 1.17. The van der Waals surface area contributed by atoms with Gasteiger partial charge in [-0.05, 0) is 48.9 Å². The summed E-state index contributed by atoms with van der Waals surface area (Å²) in [5.74, 6) is 0.478. The Kier molecular flexibility index (Phi) is 7.60. The SMILES string of the molecule is CCCn1c(SCC(=O)Nc2ccc(S(=O)(=O)N3C[C@H](C)C[C@H](C)C3)cc2)n[nH]c1=O. The van der Waals surface area contributed by atoms with Crippen molar-refractivity contribution < 1.29 is 13.2 Å². The van der Waals surface area contributed by atoms with E-state index in [2.05, 4.69) is 29.4 Å². The van der Waals surface area contributed by atoms with Crippen molar-refractivity contribution in [3.8, 4) is 0 Å². The minimum atomic E-state index is -3.55. The number of rotatable bonds is 8. The zero-order valence-corrected chi connectivity index (χ0v) is 19.6. The van der Waals surface area contributed by atoms with Crippen molar-refractivity contribution in [1.82, 2.24) is 19.1 Å². The van der Waals surface area contributed by atoms with Crippen molar-refractivity contribution in [2.24, 2.45) is 11.8 Å². The zero-order chi connectivity index (χ0) is 22.6. The Morgan fingerprint density at radius 1 is 1.23 bits per heavy atom. The van der Waals surface area contributed by atoms with Crippen LogP contribution in [0.15, 0.2) is 39.1 Å². The lowest BCUT2D eigenvalue weighted by Crippen LogP contribution is -2.42. The molecule has 1 amide bonds. The molecule has 0 unspecified atom stereocenters. The van der Waals surface area contributed by atoms with Gasteiger partial charge in [0.2, 0.25) is 15.9 Å². The largest absolute Gasteiger partial charge is 0.343 e. The van der Waals surface area contributed by atoms with Crippen molar-refractivity contribution in [2.45, 2.75) is 50.2 Å². The first-order valence-electron chi connectivity index (χ1n) is 10.4. The van der Waals surface area contributed by atoms with E-state index in [9.17, 15) is 18.0 Å². The molecular formula is C20H29N5O4S2. The average Bonchev–Trinajstić information content (AvgIpc) is 3.06. The number of anilines is 1. The second-order valence-electron chi connectivity index (χ2n) is 8.09. The standard InChI is InChI=1S/C20H29N5O4S2/c1-4-9-25-19(27)22-23-20(25)30-13-18(26)21-16-5-7-17(8-6-16)31(28,29)24-11-14(2)10-15(3)12-24/h5-8,14-15H,4,9-13H2,1-3H3,(H,21,26)(H,22,27)/t14-,15+. The number of H-pyrrole nitrogens is 1. The summed E-state index contributed by atoms with van der Waals surface area (Å²) in [7, 11) is -3.55. The second-order valence-corrected chi connectivity index (χ2v) is 11.0. The third kappa shape index (κ3) is 5.78. The molecule has 0 saturated carbocycles. The van der Waals surface area contributed by atoms with E-state index >= 15 is 0 Å². The maximum absolute atomic E-state index is 13.0. The third-order valence-corrected chi connectivity index (χ3v) is 7.94. The number of hydrogen-bond acceptors (Lipinski definition) is 6. The molecule has 2 aromatic rings. The van der Waals surface area contributed by atoms with Crippen LogP contribution >= 0.6 is 11.8 Å². The van der Waals surface area contributed by atoms with E-state index in [4.69, 9.17) is 0 Å². The minimum absolute atomic E-state index is 0.0810. The first kappa shape index (κ1) is 23.6. The number of carbonyl (C=O) groups excluding carboxylic acids is 1. The predicted octanol–water partition coefficient (Wildman–Crippen LogP) is 2.38. The molecule has 3 rings (SSSR count). The molecule has 170 valence electrons. The van der Waals surface area contributed by atoms with E-state index in [-0.39, 0.29) is 22.2 Å². The van der Waals surface area contributed by atoms with E-state index in [1.807, 2.05) is 6.92 Å². The molecule has 1 fully saturated rings. The normalized spacial score (nSPS) is 20.0. The van der Waals surface area contributed by atoms with Gasteiger partial charge in [0.15, 0.2) is 5.16 Å². The van der Waals surface area contributed by atoms with Crippen LogP contribution in [0.2, 0.25) is 0 Å². The van der Waals surface area contributed by atoms with E-state index in [1.54, 1.807) is 16.4 Å². The van der Waals surface area contributed by atoms with Gasteiger partial charge < -0.3 is 5.32 Å². The van der Waals surface area contributed by atoms with E-state index in [0.717, 1.165) is 12.8 Å². The van der Waals surface area contributed by atoms with Crippen LogP contribution in [0.4, 0.5) is 5.69 Å². The highest BCUT2D eigenvalue weighted by Crippen LogP contribution is 2.27. The van der Waals surface area contributed by atoms with Gasteiger partial charge in [0.1, 0.15) is 0 Å². The molecule has 2 heterocycles. The van der Waals surface area contributed by atoms with Gasteiger partial charge in [-0.25, -0.2) is 18.3 Å². The highest BCUT2D eigenvalue weighted by atomic mass is 32.2. The number of piperidine rings is 1. The number of aromatic nitrogens is 3. The molecule has 11 heteroatoms. The van der Waals surface area contributed by atoms with Gasteiger partial charge in [-0.1, -0.05) is 32.5 Å². The predicted molar refractivity (Wildman–Crippen MR) is 121 cm³/mol. The van der Waals surface area contributed by atoms with Gasteiger partial charge in [0, 0.05) is 25.3 Å². The maximum Gasteiger partial charge on any atom is 0.343 e. The van der Waals surface area contributed by atoms with E-state index < -0.39 is 10.0 Å². The first-order chi connectivity index (χ1) is 14.7. The fourth-order valence-electron chi connectivity index (χ4n) is 3.82. The van der Waals surface area contributed by atoms with E-state index in [1.165, 1.54) is 28.5 Å². The van der Waals surface area contributed by atoms with Gasteiger partial charge in [-0.3, -0.25) is 9.36 Å². The Morgan fingerprint density at radius 3 is 2.48 bits per heavy atom. The summed E-state index contributed by atoms with van der Waals surface area (Å²) in [6, 6.07) is 6.23. The number of nitrogens with one attached hydrogen (secondary N) is 2. The van der Waals surface area contributed by atoms with Crippen LogP contribution < -0.4 is 11.0 Å². The summed E-state index contributed by atoms with van der Waals surface area (Å²) in [6.07, 6.45) is 1.81. The van der Waals surface area contributed by atoms with Crippen molar-refractivity contribution in [3.05, 3.63) is 34.7 Å². The lowest BCUT2D eigenvalue weighted by molar-refractivity contribution is -0.113. The number of benzene rings is 1. The number of hydrogen-bond donors (Lipinski definition) is 2. The second kappa shape index (κ2) is 10.0. The fourth-order valence-corrected chi connectivity index (χ4v) is 6.27. The summed E-state index contributed by atoms with van der Waals surface area (Å²) in [5.41, 5.74) is 0.219. The molecule has 31 heavy (non-hydrogen) atoms. The maximum atomic E-state index is 13.0. The Labute approximate surface area is 186 Å². The lowest BCUT2D eigenvalue weighted by atomic mass is 9.94. The van der Waals surface area contributed by atoms with Crippen LogP contribution in [0.1, 0.15) is 33.6 Å². The summed E-state index contributed by atoms with van der Waals surface area (Å²) in [4.78, 5) is 24.2. The number of thioether (sulfide) groups is 1. The number of sulfonamides is 1. The molecule has 2 atom stereocenters. The van der Waals surface area contributed by atoms with Gasteiger partial charge in [0.25, 0.3) is 0 Å². The highest BCUT2D eigenvalue weighted by molar-refractivity contribution is 7.99. The fraction of sp³-hybridized carbons (Fsp3) is 0.550. The highest BCUT2D eigenvalue weighted by Gasteiger charge is 2.31. The van der Waals surface area contributed by atoms with Crippen LogP contribution in [0.25, 0.3) is 0 Å². The van der Waals surface area contributed by atoms with Gasteiger partial charge in [-0.15, -0.1) is 5.10 Å². The molecule has 0 aliphatic carbocycles. The third-order valence-electron chi connectivity index (χ3n) is 5.11. The van der Waals surface area contributed by atoms with Crippen LogP contribution in [-0.2, 0) is 21.4 Å². The number of amides is 1. The number of carbonyl (C=O) groups is 1. The van der Waals surface area contributed by atoms with Crippen LogP contribution in [0.5, 0.6) is 0 Å². The molecule has 9 nitrogen and oxygen atoms in total. The van der Waals surface area contributed by atoms with Crippen molar-refractivity contribution in [1.29, 1.82) is 0 Å². The number of aromatic amines is 1. The average molecular weight is 468 g/mol. The van der Waals surface area contributed by atoms with E-state index in [0.29, 0.717) is 42.3 Å². The van der Waals surface area contributed by atoms with Gasteiger partial charge in [0.05, 0.1) is 10.6 Å².